The SMILES string of the molecule is C/C=C\C=C1\C=CC=NC1. The first-order valence-electron chi connectivity index (χ1n) is 3.42. The molecular formula is C9H11N. The second-order valence-electron chi connectivity index (χ2n) is 2.12. The zero-order valence-corrected chi connectivity index (χ0v) is 6.12. The van der Waals surface area contributed by atoms with Gasteiger partial charge in [-0.15, -0.1) is 0 Å². The fourth-order valence-corrected chi connectivity index (χ4v) is 0.766. The minimum Gasteiger partial charge on any atom is -0.288 e. The minimum atomic E-state index is 0.820. The Morgan fingerprint density at radius 1 is 1.60 bits per heavy atom. The summed E-state index contributed by atoms with van der Waals surface area (Å²) in [6, 6.07) is 0. The molecule has 1 rings (SSSR count). The van der Waals surface area contributed by atoms with Crippen molar-refractivity contribution in [2.75, 3.05) is 6.54 Å². The van der Waals surface area contributed by atoms with Crippen LogP contribution >= 0.6 is 0 Å². The maximum absolute atomic E-state index is 4.10. The third-order valence-electron chi connectivity index (χ3n) is 1.28. The molecule has 0 aromatic heterocycles. The summed E-state index contributed by atoms with van der Waals surface area (Å²) in [5, 5.41) is 0. The van der Waals surface area contributed by atoms with E-state index in [2.05, 4.69) is 17.1 Å². The smallest absolute Gasteiger partial charge is 0.0639 e. The number of hydrogen-bond acceptors (Lipinski definition) is 1. The molecule has 10 heavy (non-hydrogen) atoms. The maximum atomic E-state index is 4.10. The molecule has 0 saturated carbocycles. The van der Waals surface area contributed by atoms with E-state index in [0.717, 1.165) is 6.54 Å². The van der Waals surface area contributed by atoms with Gasteiger partial charge in [-0.3, -0.25) is 4.99 Å². The first kappa shape index (κ1) is 7.00. The molecule has 52 valence electrons. The summed E-state index contributed by atoms with van der Waals surface area (Å²) in [5.74, 6) is 0. The van der Waals surface area contributed by atoms with Crippen LogP contribution in [0.15, 0.2) is 40.9 Å². The van der Waals surface area contributed by atoms with E-state index < -0.39 is 0 Å². The number of hydrogen-bond donors (Lipinski definition) is 0. The molecular weight excluding hydrogens is 122 g/mol. The monoisotopic (exact) mass is 133 g/mol. The Morgan fingerprint density at radius 2 is 2.50 bits per heavy atom. The molecule has 0 aromatic carbocycles. The molecule has 0 spiro atoms. The van der Waals surface area contributed by atoms with Gasteiger partial charge in [-0.05, 0) is 18.6 Å². The third-order valence-corrected chi connectivity index (χ3v) is 1.28. The molecule has 0 atom stereocenters. The molecule has 0 aromatic rings. The van der Waals surface area contributed by atoms with Crippen molar-refractivity contribution in [1.29, 1.82) is 0 Å². The quantitative estimate of drug-likeness (QED) is 0.519. The van der Waals surface area contributed by atoms with Crippen molar-refractivity contribution in [1.82, 2.24) is 0 Å². The highest BCUT2D eigenvalue weighted by atomic mass is 14.7. The van der Waals surface area contributed by atoms with Crippen LogP contribution in [0, 0.1) is 0 Å². The lowest BCUT2D eigenvalue weighted by atomic mass is 10.2. The van der Waals surface area contributed by atoms with Crippen molar-refractivity contribution < 1.29 is 0 Å². The van der Waals surface area contributed by atoms with Crippen molar-refractivity contribution in [3.05, 3.63) is 36.0 Å². The highest BCUT2D eigenvalue weighted by Crippen LogP contribution is 2.01. The molecule has 1 aliphatic rings. The molecule has 0 fully saturated rings. The van der Waals surface area contributed by atoms with Gasteiger partial charge in [-0.25, -0.2) is 0 Å². The summed E-state index contributed by atoms with van der Waals surface area (Å²) in [7, 11) is 0. The van der Waals surface area contributed by atoms with E-state index >= 15 is 0 Å². The van der Waals surface area contributed by atoms with E-state index in [4.69, 9.17) is 0 Å². The van der Waals surface area contributed by atoms with Crippen molar-refractivity contribution in [3.63, 3.8) is 0 Å². The molecule has 0 aliphatic carbocycles. The number of allylic oxidation sites excluding steroid dienone is 4. The molecule has 0 unspecified atom stereocenters. The van der Waals surface area contributed by atoms with Crippen molar-refractivity contribution in [2.24, 2.45) is 4.99 Å². The Hall–Kier alpha value is -1.11. The van der Waals surface area contributed by atoms with Gasteiger partial charge in [-0.1, -0.05) is 24.3 Å². The number of dihydropyridines is 1. The van der Waals surface area contributed by atoms with Crippen LogP contribution in [0.3, 0.4) is 0 Å². The summed E-state index contributed by atoms with van der Waals surface area (Å²) < 4.78 is 0. The molecule has 0 bridgehead atoms. The molecule has 0 radical (unpaired) electrons. The largest absolute Gasteiger partial charge is 0.288 e. The van der Waals surface area contributed by atoms with Crippen LogP contribution in [0.2, 0.25) is 0 Å². The fraction of sp³-hybridized carbons (Fsp3) is 0.222. The molecule has 1 aliphatic heterocycles. The predicted octanol–water partition coefficient (Wildman–Crippen LogP) is 2.13. The Kier molecular flexibility index (Phi) is 2.68. The van der Waals surface area contributed by atoms with Gasteiger partial charge in [0.15, 0.2) is 0 Å². The highest BCUT2D eigenvalue weighted by molar-refractivity contribution is 5.73. The second-order valence-corrected chi connectivity index (χ2v) is 2.12. The zero-order chi connectivity index (χ0) is 7.23. The lowest BCUT2D eigenvalue weighted by Crippen LogP contribution is -1.89. The van der Waals surface area contributed by atoms with Crippen LogP contribution < -0.4 is 0 Å². The van der Waals surface area contributed by atoms with Gasteiger partial charge < -0.3 is 0 Å². The summed E-state index contributed by atoms with van der Waals surface area (Å²) >= 11 is 0. The van der Waals surface area contributed by atoms with E-state index in [1.54, 1.807) is 0 Å². The average Bonchev–Trinajstić information content (AvgIpc) is 2.03. The van der Waals surface area contributed by atoms with Gasteiger partial charge in [-0.2, -0.15) is 0 Å². The Balaban J connectivity index is 2.58. The van der Waals surface area contributed by atoms with E-state index in [-0.39, 0.29) is 0 Å². The standard InChI is InChI=1S/C9H11N/c1-2-3-5-9-6-4-7-10-8-9/h2-7H,8H2,1H3/b3-2-,9-5-. The van der Waals surface area contributed by atoms with Crippen LogP contribution in [0.5, 0.6) is 0 Å². The lowest BCUT2D eigenvalue weighted by molar-refractivity contribution is 1.18. The van der Waals surface area contributed by atoms with E-state index in [1.165, 1.54) is 5.57 Å². The lowest BCUT2D eigenvalue weighted by Gasteiger charge is -1.98. The highest BCUT2D eigenvalue weighted by Gasteiger charge is 1.89. The van der Waals surface area contributed by atoms with E-state index in [0.29, 0.717) is 0 Å². The first-order valence-corrected chi connectivity index (χ1v) is 3.42. The zero-order valence-electron chi connectivity index (χ0n) is 6.12. The number of nitrogens with zero attached hydrogens (tertiary/aromatic N) is 1. The fourth-order valence-electron chi connectivity index (χ4n) is 0.766. The molecule has 1 heteroatoms. The number of rotatable bonds is 1. The van der Waals surface area contributed by atoms with Crippen LogP contribution in [-0.2, 0) is 0 Å². The van der Waals surface area contributed by atoms with Crippen LogP contribution in [-0.4, -0.2) is 12.8 Å². The number of aliphatic imine (C=N–C) groups is 1. The van der Waals surface area contributed by atoms with Crippen LogP contribution in [0.1, 0.15) is 6.92 Å². The van der Waals surface area contributed by atoms with Crippen molar-refractivity contribution >= 4 is 6.21 Å². The summed E-state index contributed by atoms with van der Waals surface area (Å²) in [5.41, 5.74) is 1.26. The second kappa shape index (κ2) is 3.83. The predicted molar refractivity (Wildman–Crippen MR) is 45.4 cm³/mol. The maximum Gasteiger partial charge on any atom is 0.0639 e. The molecule has 1 heterocycles. The van der Waals surface area contributed by atoms with Crippen molar-refractivity contribution in [3.8, 4) is 0 Å². The van der Waals surface area contributed by atoms with Gasteiger partial charge in [0.1, 0.15) is 0 Å². The third kappa shape index (κ3) is 2.02. The average molecular weight is 133 g/mol. The van der Waals surface area contributed by atoms with Gasteiger partial charge in [0.05, 0.1) is 6.54 Å². The molecule has 0 amide bonds. The van der Waals surface area contributed by atoms with E-state index in [9.17, 15) is 0 Å². The normalized spacial score (nSPS) is 21.1. The molecule has 0 saturated heterocycles. The first-order chi connectivity index (χ1) is 4.93. The van der Waals surface area contributed by atoms with Gasteiger partial charge in [0.2, 0.25) is 0 Å². The van der Waals surface area contributed by atoms with Gasteiger partial charge >= 0.3 is 0 Å². The van der Waals surface area contributed by atoms with Gasteiger partial charge in [0.25, 0.3) is 0 Å². The molecule has 1 nitrogen and oxygen atoms in total. The molecule has 0 N–H and O–H groups in total. The minimum absolute atomic E-state index is 0.820. The Morgan fingerprint density at radius 3 is 3.10 bits per heavy atom. The summed E-state index contributed by atoms with van der Waals surface area (Å²) in [6.45, 7) is 2.83. The Labute approximate surface area is 61.5 Å². The summed E-state index contributed by atoms with van der Waals surface area (Å²) in [6.07, 6.45) is 12.0. The Bertz CT molecular complexity index is 207. The van der Waals surface area contributed by atoms with E-state index in [1.807, 2.05) is 31.4 Å². The van der Waals surface area contributed by atoms with Crippen LogP contribution in [0.25, 0.3) is 0 Å². The topological polar surface area (TPSA) is 12.4 Å². The van der Waals surface area contributed by atoms with Gasteiger partial charge in [0, 0.05) is 6.21 Å². The summed E-state index contributed by atoms with van der Waals surface area (Å²) in [4.78, 5) is 4.10. The van der Waals surface area contributed by atoms with Crippen molar-refractivity contribution in [2.45, 2.75) is 6.92 Å². The van der Waals surface area contributed by atoms with Crippen LogP contribution in [0.4, 0.5) is 0 Å².